The lowest BCUT2D eigenvalue weighted by Gasteiger charge is -2.45. The van der Waals surface area contributed by atoms with Gasteiger partial charge in [-0.3, -0.25) is 9.69 Å². The molecule has 0 fully saturated rings. The van der Waals surface area contributed by atoms with E-state index in [1.165, 1.54) is 0 Å². The van der Waals surface area contributed by atoms with Crippen LogP contribution in [0.1, 0.15) is 43.7 Å². The summed E-state index contributed by atoms with van der Waals surface area (Å²) in [4.78, 5) is 20.2. The molecular weight excluding hydrogens is 408 g/mol. The van der Waals surface area contributed by atoms with Crippen molar-refractivity contribution in [1.82, 2.24) is 0 Å². The van der Waals surface area contributed by atoms with Crippen molar-refractivity contribution in [2.45, 2.75) is 32.6 Å². The highest BCUT2D eigenvalue weighted by molar-refractivity contribution is 6.31. The summed E-state index contributed by atoms with van der Waals surface area (Å²) in [5.74, 6) is 0.319. The van der Waals surface area contributed by atoms with Crippen LogP contribution in [0.15, 0.2) is 76.2 Å². The minimum absolute atomic E-state index is 0.0444. The van der Waals surface area contributed by atoms with Crippen molar-refractivity contribution in [3.8, 4) is 6.07 Å². The maximum atomic E-state index is 13.5. The Bertz CT molecular complexity index is 1280. The van der Waals surface area contributed by atoms with Gasteiger partial charge in [0.05, 0.1) is 23.2 Å². The largest absolute Gasteiger partial charge is 0.383 e. The predicted octanol–water partition coefficient (Wildman–Crippen LogP) is 5.04. The Morgan fingerprint density at radius 1 is 1.16 bits per heavy atom. The minimum Gasteiger partial charge on any atom is -0.383 e. The number of carbonyl (C=O) groups is 1. The molecule has 2 aromatic rings. The van der Waals surface area contributed by atoms with Crippen LogP contribution in [0.5, 0.6) is 0 Å². The molecule has 0 saturated carbocycles. The van der Waals surface area contributed by atoms with Crippen LogP contribution in [0, 0.1) is 16.7 Å². The normalized spacial score (nSPS) is 21.7. The maximum Gasteiger partial charge on any atom is 0.162 e. The summed E-state index contributed by atoms with van der Waals surface area (Å²) in [6, 6.07) is 17.4. The number of anilines is 1. The molecule has 154 valence electrons. The van der Waals surface area contributed by atoms with Gasteiger partial charge < -0.3 is 5.73 Å². The van der Waals surface area contributed by atoms with E-state index in [-0.39, 0.29) is 11.2 Å². The number of ketones is 1. The zero-order valence-corrected chi connectivity index (χ0v) is 18.1. The molecule has 5 nitrogen and oxygen atoms in total. The number of allylic oxidation sites excluding steroid dienone is 3. The van der Waals surface area contributed by atoms with Crippen molar-refractivity contribution in [2.24, 2.45) is 16.1 Å². The molecule has 2 aromatic carbocycles. The van der Waals surface area contributed by atoms with Crippen LogP contribution in [-0.4, -0.2) is 11.6 Å². The number of nitrogens with zero attached hydrogens (tertiary/aromatic N) is 3. The van der Waals surface area contributed by atoms with E-state index >= 15 is 0 Å². The van der Waals surface area contributed by atoms with Crippen LogP contribution in [0.3, 0.4) is 0 Å². The monoisotopic (exact) mass is 428 g/mol. The van der Waals surface area contributed by atoms with Crippen LogP contribution >= 0.6 is 11.6 Å². The Morgan fingerprint density at radius 3 is 2.61 bits per heavy atom. The molecule has 1 aliphatic carbocycles. The van der Waals surface area contributed by atoms with E-state index in [0.717, 1.165) is 22.5 Å². The third-order valence-corrected chi connectivity index (χ3v) is 6.52. The minimum atomic E-state index is -0.564. The molecule has 2 N–H and O–H groups in total. The van der Waals surface area contributed by atoms with Crippen molar-refractivity contribution in [2.75, 3.05) is 4.90 Å². The van der Waals surface area contributed by atoms with E-state index in [4.69, 9.17) is 17.3 Å². The molecule has 2 heterocycles. The molecule has 0 aromatic heterocycles. The lowest BCUT2D eigenvalue weighted by molar-refractivity contribution is -0.118. The Balaban J connectivity index is 1.87. The topological polar surface area (TPSA) is 82.5 Å². The van der Waals surface area contributed by atoms with Crippen molar-refractivity contribution >= 4 is 28.9 Å². The van der Waals surface area contributed by atoms with Crippen molar-refractivity contribution in [3.63, 3.8) is 0 Å². The Labute approximate surface area is 186 Å². The summed E-state index contributed by atoms with van der Waals surface area (Å²) < 4.78 is 0. The highest BCUT2D eigenvalue weighted by Gasteiger charge is 2.46. The van der Waals surface area contributed by atoms with Crippen LogP contribution in [0.25, 0.3) is 0 Å². The van der Waals surface area contributed by atoms with Gasteiger partial charge in [0.1, 0.15) is 5.84 Å². The number of halogens is 1. The molecule has 0 amide bonds. The second-order valence-electron chi connectivity index (χ2n) is 8.95. The van der Waals surface area contributed by atoms with E-state index in [9.17, 15) is 10.1 Å². The maximum absolute atomic E-state index is 13.5. The number of hydrogen-bond donors (Lipinski definition) is 1. The van der Waals surface area contributed by atoms with Crippen molar-refractivity contribution < 1.29 is 4.79 Å². The SMILES string of the molecule is CC1(C)CC(=O)C2=C(C1)N1C(=C(C#N)[C@H]2c2ccccc2Cl)N=C(N)c2ccccc21. The number of fused-ring (bicyclic) bond motifs is 4. The predicted molar refractivity (Wildman–Crippen MR) is 122 cm³/mol. The number of carbonyl (C=O) groups excluding carboxylic acids is 1. The molecule has 1 atom stereocenters. The molecule has 3 aliphatic rings. The van der Waals surface area contributed by atoms with Gasteiger partial charge in [0.2, 0.25) is 0 Å². The Morgan fingerprint density at radius 2 is 1.87 bits per heavy atom. The number of hydrogen-bond acceptors (Lipinski definition) is 5. The van der Waals surface area contributed by atoms with Crippen LogP contribution < -0.4 is 10.6 Å². The number of amidine groups is 1. The number of Topliss-reactive ketones (excluding diaryl/α,β-unsaturated/α-hetero) is 1. The molecular formula is C25H21ClN4O. The molecule has 0 spiro atoms. The van der Waals surface area contributed by atoms with E-state index in [1.54, 1.807) is 6.07 Å². The number of para-hydroxylation sites is 1. The van der Waals surface area contributed by atoms with Gasteiger partial charge >= 0.3 is 0 Å². The summed E-state index contributed by atoms with van der Waals surface area (Å²) in [6.45, 7) is 4.19. The lowest BCUT2D eigenvalue weighted by Crippen LogP contribution is -2.42. The summed E-state index contributed by atoms with van der Waals surface area (Å²) in [6.07, 6.45) is 1.10. The Kier molecular flexibility index (Phi) is 4.32. The Hall–Kier alpha value is -3.36. The van der Waals surface area contributed by atoms with E-state index in [1.807, 2.05) is 47.4 Å². The molecule has 0 radical (unpaired) electrons. The highest BCUT2D eigenvalue weighted by atomic mass is 35.5. The van der Waals surface area contributed by atoms with Gasteiger partial charge in [0.15, 0.2) is 11.6 Å². The van der Waals surface area contributed by atoms with Gasteiger partial charge in [-0.2, -0.15) is 5.26 Å². The van der Waals surface area contributed by atoms with Gasteiger partial charge in [0.25, 0.3) is 0 Å². The van der Waals surface area contributed by atoms with Crippen LogP contribution in [0.2, 0.25) is 5.02 Å². The first-order valence-corrected chi connectivity index (χ1v) is 10.6. The number of nitrogens with two attached hydrogens (primary N) is 1. The third-order valence-electron chi connectivity index (χ3n) is 6.18. The zero-order valence-electron chi connectivity index (χ0n) is 17.3. The molecule has 6 heteroatoms. The van der Waals surface area contributed by atoms with Crippen molar-refractivity contribution in [1.29, 1.82) is 5.26 Å². The first-order valence-electron chi connectivity index (χ1n) is 10.2. The van der Waals surface area contributed by atoms with Crippen molar-refractivity contribution in [3.05, 3.63) is 87.3 Å². The first kappa shape index (κ1) is 19.6. The third kappa shape index (κ3) is 2.90. The molecule has 0 saturated heterocycles. The molecule has 0 bridgehead atoms. The highest BCUT2D eigenvalue weighted by Crippen LogP contribution is 2.53. The fourth-order valence-corrected chi connectivity index (χ4v) is 5.16. The van der Waals surface area contributed by atoms with Crippen LogP contribution in [-0.2, 0) is 4.79 Å². The van der Waals surface area contributed by atoms with Gasteiger partial charge in [-0.05, 0) is 35.6 Å². The van der Waals surface area contributed by atoms with Gasteiger partial charge in [-0.25, -0.2) is 4.99 Å². The van der Waals surface area contributed by atoms with Gasteiger partial charge in [0, 0.05) is 28.3 Å². The summed E-state index contributed by atoms with van der Waals surface area (Å²) in [5, 5.41) is 10.8. The zero-order chi connectivity index (χ0) is 21.9. The van der Waals surface area contributed by atoms with E-state index in [2.05, 4.69) is 24.9 Å². The van der Waals surface area contributed by atoms with E-state index in [0.29, 0.717) is 40.7 Å². The standard InChI is InChI=1S/C25H21ClN4O/c1-25(2)11-19-22(20(31)12-25)21(14-7-3-5-9-17(14)26)16(13-27)24-29-23(28)15-8-4-6-10-18(15)30(19)24/h3-10,21H,11-12H2,1-2H3,(H2,28,29)/t21-/m1/s1. The smallest absolute Gasteiger partial charge is 0.162 e. The summed E-state index contributed by atoms with van der Waals surface area (Å²) >= 11 is 6.56. The average Bonchev–Trinajstić information content (AvgIpc) is 2.72. The van der Waals surface area contributed by atoms with Crippen LogP contribution in [0.4, 0.5) is 5.69 Å². The molecule has 31 heavy (non-hydrogen) atoms. The molecule has 2 aliphatic heterocycles. The lowest BCUT2D eigenvalue weighted by atomic mass is 9.68. The summed E-state index contributed by atoms with van der Waals surface area (Å²) in [5.41, 5.74) is 10.4. The number of aliphatic imine (C=N–C) groups is 1. The first-order chi connectivity index (χ1) is 14.8. The molecule has 5 rings (SSSR count). The average molecular weight is 429 g/mol. The second-order valence-corrected chi connectivity index (χ2v) is 9.36. The number of benzene rings is 2. The quantitative estimate of drug-likeness (QED) is 0.689. The molecule has 0 unspecified atom stereocenters. The van der Waals surface area contributed by atoms with Gasteiger partial charge in [-0.15, -0.1) is 0 Å². The second kappa shape index (κ2) is 6.83. The van der Waals surface area contributed by atoms with E-state index < -0.39 is 5.92 Å². The number of nitriles is 1. The summed E-state index contributed by atoms with van der Waals surface area (Å²) in [7, 11) is 0. The van der Waals surface area contributed by atoms with Gasteiger partial charge in [-0.1, -0.05) is 55.8 Å². The number of rotatable bonds is 1. The fourth-order valence-electron chi connectivity index (χ4n) is 4.91. The fraction of sp³-hybridized carbons (Fsp3) is 0.240.